The molecule has 9 atom stereocenters. The summed E-state index contributed by atoms with van der Waals surface area (Å²) in [5, 5.41) is 67.5. The molecule has 0 amide bonds. The van der Waals surface area contributed by atoms with Crippen LogP contribution in [0, 0.1) is 0 Å². The topological polar surface area (TPSA) is 179 Å². The van der Waals surface area contributed by atoms with Gasteiger partial charge in [0.05, 0.1) is 13.2 Å². The van der Waals surface area contributed by atoms with Crippen LogP contribution in [0.3, 0.4) is 0 Å². The average molecular weight is 356 g/mol. The van der Waals surface area contributed by atoms with Crippen LogP contribution in [-0.2, 0) is 18.9 Å². The molecule has 0 aromatic rings. The highest BCUT2D eigenvalue weighted by Crippen LogP contribution is 2.32. The third-order valence-electron chi connectivity index (χ3n) is 4.35. The zero-order valence-electron chi connectivity index (χ0n) is 13.0. The van der Waals surface area contributed by atoms with E-state index >= 15 is 0 Å². The van der Waals surface area contributed by atoms with Crippen molar-refractivity contribution < 1.29 is 54.7 Å². The summed E-state index contributed by atoms with van der Waals surface area (Å²) >= 11 is 0. The van der Waals surface area contributed by atoms with E-state index in [0.717, 1.165) is 0 Å². The predicted octanol–water partition coefficient (Wildman–Crippen LogP) is -4.74. The van der Waals surface area contributed by atoms with Crippen LogP contribution >= 0.6 is 0 Å². The Morgan fingerprint density at radius 3 is 2.08 bits per heavy atom. The van der Waals surface area contributed by atoms with Gasteiger partial charge in [-0.05, 0) is 0 Å². The fourth-order valence-corrected chi connectivity index (χ4v) is 2.75. The Morgan fingerprint density at radius 1 is 0.917 bits per heavy atom. The van der Waals surface area contributed by atoms with E-state index in [1.54, 1.807) is 0 Å². The first-order valence-corrected chi connectivity index (χ1v) is 7.43. The minimum Gasteiger partial charge on any atom is -0.394 e. The molecule has 0 aromatic carbocycles. The second-order valence-electron chi connectivity index (χ2n) is 5.80. The maximum absolute atomic E-state index is 9.96. The molecule has 142 valence electrons. The molecule has 11 nitrogen and oxygen atoms in total. The molecule has 2 aliphatic heterocycles. The lowest BCUT2D eigenvalue weighted by Crippen LogP contribution is -2.59. The largest absolute Gasteiger partial charge is 0.394 e. The number of rotatable bonds is 6. The molecule has 0 saturated carbocycles. The van der Waals surface area contributed by atoms with Gasteiger partial charge in [0.2, 0.25) is 5.79 Å². The molecule has 0 aliphatic carbocycles. The zero-order chi connectivity index (χ0) is 18.1. The second kappa shape index (κ2) is 7.85. The van der Waals surface area contributed by atoms with Crippen molar-refractivity contribution in [1.82, 2.24) is 0 Å². The van der Waals surface area contributed by atoms with Gasteiger partial charge >= 0.3 is 0 Å². The Balaban J connectivity index is 1.97. The summed E-state index contributed by atoms with van der Waals surface area (Å²) in [5.74, 6) is -1.80. The molecular weight excluding hydrogens is 332 g/mol. The molecule has 2 heterocycles. The number of hydrogen-bond acceptors (Lipinski definition) is 11. The highest BCUT2D eigenvalue weighted by atomic mass is 16.7. The van der Waals surface area contributed by atoms with Crippen LogP contribution in [0.25, 0.3) is 0 Å². The molecule has 11 heteroatoms. The Labute approximate surface area is 137 Å². The Bertz CT molecular complexity index is 399. The Morgan fingerprint density at radius 2 is 1.58 bits per heavy atom. The maximum atomic E-state index is 9.96. The van der Waals surface area contributed by atoms with E-state index in [1.165, 1.54) is 7.11 Å². The molecule has 2 fully saturated rings. The monoisotopic (exact) mass is 356 g/mol. The molecule has 0 aromatic heterocycles. The van der Waals surface area contributed by atoms with Gasteiger partial charge in [0.15, 0.2) is 6.29 Å². The molecule has 2 rings (SSSR count). The van der Waals surface area contributed by atoms with Gasteiger partial charge in [0, 0.05) is 7.11 Å². The molecule has 0 spiro atoms. The fourth-order valence-electron chi connectivity index (χ4n) is 2.75. The summed E-state index contributed by atoms with van der Waals surface area (Å²) in [6.45, 7) is -1.70. The van der Waals surface area contributed by atoms with E-state index in [-0.39, 0.29) is 6.61 Å². The van der Waals surface area contributed by atoms with Crippen LogP contribution in [0.5, 0.6) is 0 Å². The third-order valence-corrected chi connectivity index (χ3v) is 4.35. The van der Waals surface area contributed by atoms with Crippen molar-refractivity contribution in [3.05, 3.63) is 0 Å². The van der Waals surface area contributed by atoms with Crippen molar-refractivity contribution in [2.24, 2.45) is 0 Å². The summed E-state index contributed by atoms with van der Waals surface area (Å²) in [4.78, 5) is 0. The van der Waals surface area contributed by atoms with Gasteiger partial charge in [0.1, 0.15) is 49.3 Å². The van der Waals surface area contributed by atoms with Crippen LogP contribution in [0.15, 0.2) is 0 Å². The zero-order valence-corrected chi connectivity index (χ0v) is 13.0. The highest BCUT2D eigenvalue weighted by Gasteiger charge is 2.55. The van der Waals surface area contributed by atoms with Crippen LogP contribution in [0.4, 0.5) is 0 Å². The quantitative estimate of drug-likeness (QED) is 0.243. The first-order chi connectivity index (χ1) is 11.3. The molecule has 0 unspecified atom stereocenters. The van der Waals surface area contributed by atoms with Crippen molar-refractivity contribution in [2.45, 2.75) is 54.8 Å². The normalized spacial score (nSPS) is 49.5. The average Bonchev–Trinajstić information content (AvgIpc) is 2.84. The maximum Gasteiger partial charge on any atom is 0.221 e. The van der Waals surface area contributed by atoms with Gasteiger partial charge in [-0.3, -0.25) is 0 Å². The minimum absolute atomic E-state index is 0.383. The molecule has 0 bridgehead atoms. The molecule has 7 N–H and O–H groups in total. The first kappa shape index (κ1) is 19.9. The van der Waals surface area contributed by atoms with E-state index in [9.17, 15) is 30.6 Å². The van der Waals surface area contributed by atoms with Crippen LogP contribution < -0.4 is 0 Å². The first-order valence-electron chi connectivity index (χ1n) is 7.43. The smallest absolute Gasteiger partial charge is 0.221 e. The van der Waals surface area contributed by atoms with Gasteiger partial charge in [-0.2, -0.15) is 0 Å². The van der Waals surface area contributed by atoms with Crippen molar-refractivity contribution in [3.8, 4) is 0 Å². The molecule has 24 heavy (non-hydrogen) atoms. The number of hydrogen-bond donors (Lipinski definition) is 7. The summed E-state index contributed by atoms with van der Waals surface area (Å²) < 4.78 is 20.6. The van der Waals surface area contributed by atoms with Crippen molar-refractivity contribution in [3.63, 3.8) is 0 Å². The lowest BCUT2D eigenvalue weighted by molar-refractivity contribution is -0.312. The van der Waals surface area contributed by atoms with E-state index in [1.807, 2.05) is 0 Å². The summed E-state index contributed by atoms with van der Waals surface area (Å²) in [5.41, 5.74) is 0. The van der Waals surface area contributed by atoms with Crippen LogP contribution in [-0.4, -0.2) is 117 Å². The van der Waals surface area contributed by atoms with Crippen LogP contribution in [0.1, 0.15) is 0 Å². The standard InChI is InChI=1S/C13H24O11/c1-21-13(4-15)11(20)8(17)6(24-13)3-22-12-10(19)9(18)7(16)5(2-14)23-12/h5-12,14-20H,2-4H2,1H3/t5-,6-,7-,8-,9+,10-,11+,12+,13+/m1/s1. The molecule has 2 saturated heterocycles. The van der Waals surface area contributed by atoms with E-state index in [2.05, 4.69) is 0 Å². The minimum atomic E-state index is -1.80. The lowest BCUT2D eigenvalue weighted by atomic mass is 9.99. The molecule has 0 radical (unpaired) electrons. The number of aliphatic hydroxyl groups is 7. The second-order valence-corrected chi connectivity index (χ2v) is 5.80. The molecule has 2 aliphatic rings. The van der Waals surface area contributed by atoms with E-state index in [4.69, 9.17) is 24.1 Å². The van der Waals surface area contributed by atoms with Gasteiger partial charge in [-0.25, -0.2) is 0 Å². The van der Waals surface area contributed by atoms with Crippen LogP contribution in [0.2, 0.25) is 0 Å². The predicted molar refractivity (Wildman–Crippen MR) is 73.4 cm³/mol. The Hall–Kier alpha value is -0.440. The van der Waals surface area contributed by atoms with Gasteiger partial charge in [-0.15, -0.1) is 0 Å². The van der Waals surface area contributed by atoms with Crippen molar-refractivity contribution >= 4 is 0 Å². The van der Waals surface area contributed by atoms with Gasteiger partial charge in [0.25, 0.3) is 0 Å². The van der Waals surface area contributed by atoms with Gasteiger partial charge in [-0.1, -0.05) is 0 Å². The highest BCUT2D eigenvalue weighted by molar-refractivity contribution is 4.97. The Kier molecular flexibility index (Phi) is 6.50. The van der Waals surface area contributed by atoms with Crippen molar-refractivity contribution in [1.29, 1.82) is 0 Å². The van der Waals surface area contributed by atoms with E-state index < -0.39 is 68.0 Å². The van der Waals surface area contributed by atoms with Crippen molar-refractivity contribution in [2.75, 3.05) is 26.9 Å². The van der Waals surface area contributed by atoms with E-state index in [0.29, 0.717) is 0 Å². The fraction of sp³-hybridized carbons (Fsp3) is 1.00. The summed E-state index contributed by atoms with van der Waals surface area (Å²) in [7, 11) is 1.19. The SMILES string of the molecule is CO[C@@]1(CO)O[C@H](CO[C@H]2O[C@H](CO)[C@@H](O)[C@H](O)[C@H]2O)[C@@H](O)[C@@H]1O. The number of aliphatic hydroxyl groups excluding tert-OH is 7. The number of methoxy groups -OCH3 is 1. The lowest BCUT2D eigenvalue weighted by Gasteiger charge is -2.39. The third kappa shape index (κ3) is 3.43. The summed E-state index contributed by atoms with van der Waals surface area (Å²) in [6, 6.07) is 0. The van der Waals surface area contributed by atoms with Gasteiger partial charge < -0.3 is 54.7 Å². The molecular formula is C13H24O11. The number of ether oxygens (including phenoxy) is 4. The summed E-state index contributed by atoms with van der Waals surface area (Å²) in [6.07, 6.45) is -11.3.